The van der Waals surface area contributed by atoms with Crippen molar-refractivity contribution in [2.24, 2.45) is 5.92 Å². The van der Waals surface area contributed by atoms with Gasteiger partial charge in [-0.2, -0.15) is 0 Å². The highest BCUT2D eigenvalue weighted by molar-refractivity contribution is 5.25. The number of nitrogens with zero attached hydrogens (tertiary/aromatic N) is 1. The van der Waals surface area contributed by atoms with Crippen LogP contribution in [0.4, 0.5) is 0 Å². The molecular formula is C18H30N2. The Bertz CT molecular complexity index is 386. The molecule has 0 spiro atoms. The average molecular weight is 274 g/mol. The van der Waals surface area contributed by atoms with E-state index in [0.717, 1.165) is 19.0 Å². The first-order chi connectivity index (χ1) is 9.68. The minimum Gasteiger partial charge on any atom is -0.319 e. The monoisotopic (exact) mass is 274 g/mol. The third-order valence-electron chi connectivity index (χ3n) is 4.36. The Labute approximate surface area is 124 Å². The number of benzene rings is 1. The molecule has 1 saturated carbocycles. The molecule has 1 fully saturated rings. The van der Waals surface area contributed by atoms with Crippen LogP contribution >= 0.6 is 0 Å². The number of nitrogens with one attached hydrogen (secondary N) is 1. The summed E-state index contributed by atoms with van der Waals surface area (Å²) in [5, 5.41) is 3.40. The predicted molar refractivity (Wildman–Crippen MR) is 87.2 cm³/mol. The van der Waals surface area contributed by atoms with Gasteiger partial charge >= 0.3 is 0 Å². The summed E-state index contributed by atoms with van der Waals surface area (Å²) < 4.78 is 0. The maximum absolute atomic E-state index is 3.40. The van der Waals surface area contributed by atoms with Gasteiger partial charge in [0.2, 0.25) is 0 Å². The van der Waals surface area contributed by atoms with Gasteiger partial charge in [0.1, 0.15) is 0 Å². The maximum Gasteiger partial charge on any atom is 0.0176 e. The van der Waals surface area contributed by atoms with Gasteiger partial charge in [0, 0.05) is 25.0 Å². The Kier molecular flexibility index (Phi) is 5.62. The van der Waals surface area contributed by atoms with E-state index in [1.165, 1.54) is 37.9 Å². The molecule has 0 aliphatic heterocycles. The maximum atomic E-state index is 3.40. The molecule has 1 aromatic carbocycles. The summed E-state index contributed by atoms with van der Waals surface area (Å²) in [5.41, 5.74) is 1.64. The molecule has 1 N–H and O–H groups in total. The molecule has 0 radical (unpaired) electrons. The molecule has 1 aromatic rings. The van der Waals surface area contributed by atoms with Crippen LogP contribution in [-0.2, 0) is 5.41 Å². The van der Waals surface area contributed by atoms with Crippen molar-refractivity contribution in [3.05, 3.63) is 35.9 Å². The van der Waals surface area contributed by atoms with Gasteiger partial charge < -0.3 is 10.2 Å². The van der Waals surface area contributed by atoms with Gasteiger partial charge in [-0.15, -0.1) is 0 Å². The lowest BCUT2D eigenvalue weighted by atomic mass is 9.81. The zero-order valence-corrected chi connectivity index (χ0v) is 13.4. The van der Waals surface area contributed by atoms with Crippen molar-refractivity contribution in [2.45, 2.75) is 38.5 Å². The third kappa shape index (κ3) is 4.32. The molecule has 1 atom stereocenters. The molecule has 1 aliphatic carbocycles. The Hall–Kier alpha value is -0.860. The number of rotatable bonds is 9. The van der Waals surface area contributed by atoms with E-state index in [9.17, 15) is 0 Å². The van der Waals surface area contributed by atoms with E-state index in [-0.39, 0.29) is 5.41 Å². The van der Waals surface area contributed by atoms with Crippen LogP contribution in [0.1, 0.15) is 38.7 Å². The van der Waals surface area contributed by atoms with Gasteiger partial charge in [0.05, 0.1) is 0 Å². The molecule has 0 aromatic heterocycles. The van der Waals surface area contributed by atoms with Crippen LogP contribution in [0.5, 0.6) is 0 Å². The van der Waals surface area contributed by atoms with Crippen molar-refractivity contribution in [3.8, 4) is 0 Å². The molecule has 1 aliphatic rings. The first-order valence-corrected chi connectivity index (χ1v) is 8.10. The highest BCUT2D eigenvalue weighted by atomic mass is 15.1. The number of hydrogen-bond donors (Lipinski definition) is 1. The molecule has 1 unspecified atom stereocenters. The summed E-state index contributed by atoms with van der Waals surface area (Å²) in [5.74, 6) is 0.969. The zero-order valence-electron chi connectivity index (χ0n) is 13.4. The summed E-state index contributed by atoms with van der Waals surface area (Å²) in [6.45, 7) is 9.39. The van der Waals surface area contributed by atoms with Crippen LogP contribution in [0.25, 0.3) is 0 Å². The zero-order chi connectivity index (χ0) is 14.4. The van der Waals surface area contributed by atoms with Crippen LogP contribution in [0, 0.1) is 5.92 Å². The Morgan fingerprint density at radius 3 is 2.50 bits per heavy atom. The van der Waals surface area contributed by atoms with Crippen molar-refractivity contribution < 1.29 is 0 Å². The molecule has 0 amide bonds. The molecule has 0 heterocycles. The van der Waals surface area contributed by atoms with Gasteiger partial charge in [0.15, 0.2) is 0 Å². The highest BCUT2D eigenvalue weighted by Gasteiger charge is 2.31. The molecule has 2 rings (SSSR count). The second-order valence-corrected chi connectivity index (χ2v) is 6.64. The van der Waals surface area contributed by atoms with E-state index in [1.807, 2.05) is 0 Å². The first kappa shape index (κ1) is 15.5. The molecule has 2 nitrogen and oxygen atoms in total. The fourth-order valence-corrected chi connectivity index (χ4v) is 3.19. The number of likely N-dealkylation sites (N-methyl/N-ethyl adjacent to an activating group) is 1. The minimum atomic E-state index is 0.195. The minimum absolute atomic E-state index is 0.195. The van der Waals surface area contributed by atoms with Crippen LogP contribution in [0.3, 0.4) is 0 Å². The SMILES string of the molecule is CCCN(CC1CC1)CC(C)(CNC)c1ccccc1. The van der Waals surface area contributed by atoms with E-state index >= 15 is 0 Å². The summed E-state index contributed by atoms with van der Waals surface area (Å²) in [7, 11) is 2.06. The lowest BCUT2D eigenvalue weighted by Gasteiger charge is -2.36. The Balaban J connectivity index is 2.09. The summed E-state index contributed by atoms with van der Waals surface area (Å²) in [6, 6.07) is 11.0. The van der Waals surface area contributed by atoms with Crippen LogP contribution < -0.4 is 5.32 Å². The van der Waals surface area contributed by atoms with Crippen molar-refractivity contribution in [2.75, 3.05) is 33.2 Å². The summed E-state index contributed by atoms with van der Waals surface area (Å²) in [4.78, 5) is 2.68. The second kappa shape index (κ2) is 7.24. The molecule has 2 heteroatoms. The van der Waals surface area contributed by atoms with E-state index in [4.69, 9.17) is 0 Å². The fraction of sp³-hybridized carbons (Fsp3) is 0.667. The molecule has 0 bridgehead atoms. The Morgan fingerprint density at radius 2 is 1.95 bits per heavy atom. The van der Waals surface area contributed by atoms with Crippen LogP contribution in [0.2, 0.25) is 0 Å². The summed E-state index contributed by atoms with van der Waals surface area (Å²) in [6.07, 6.45) is 4.12. The normalized spacial score (nSPS) is 18.2. The molecular weight excluding hydrogens is 244 g/mol. The van der Waals surface area contributed by atoms with Crippen molar-refractivity contribution in [1.82, 2.24) is 10.2 Å². The number of hydrogen-bond acceptors (Lipinski definition) is 2. The quantitative estimate of drug-likeness (QED) is 0.743. The van der Waals surface area contributed by atoms with Crippen molar-refractivity contribution >= 4 is 0 Å². The van der Waals surface area contributed by atoms with Gasteiger partial charge in [-0.1, -0.05) is 44.2 Å². The van der Waals surface area contributed by atoms with E-state index in [2.05, 4.69) is 61.4 Å². The third-order valence-corrected chi connectivity index (χ3v) is 4.36. The average Bonchev–Trinajstić information content (AvgIpc) is 3.24. The van der Waals surface area contributed by atoms with E-state index in [1.54, 1.807) is 0 Å². The standard InChI is InChI=1S/C18H30N2/c1-4-12-20(13-16-10-11-16)15-18(2,14-19-3)17-8-6-5-7-9-17/h5-9,16,19H,4,10-15H2,1-3H3. The van der Waals surface area contributed by atoms with Crippen LogP contribution in [0.15, 0.2) is 30.3 Å². The van der Waals surface area contributed by atoms with E-state index < -0.39 is 0 Å². The topological polar surface area (TPSA) is 15.3 Å². The fourth-order valence-electron chi connectivity index (χ4n) is 3.19. The van der Waals surface area contributed by atoms with Gasteiger partial charge in [-0.05, 0) is 44.3 Å². The van der Waals surface area contributed by atoms with Gasteiger partial charge in [-0.25, -0.2) is 0 Å². The largest absolute Gasteiger partial charge is 0.319 e. The summed E-state index contributed by atoms with van der Waals surface area (Å²) >= 11 is 0. The predicted octanol–water partition coefficient (Wildman–Crippen LogP) is 3.29. The second-order valence-electron chi connectivity index (χ2n) is 6.64. The smallest absolute Gasteiger partial charge is 0.0176 e. The Morgan fingerprint density at radius 1 is 1.25 bits per heavy atom. The lowest BCUT2D eigenvalue weighted by Crippen LogP contribution is -2.45. The van der Waals surface area contributed by atoms with E-state index in [0.29, 0.717) is 0 Å². The van der Waals surface area contributed by atoms with Gasteiger partial charge in [0.25, 0.3) is 0 Å². The molecule has 0 saturated heterocycles. The highest BCUT2D eigenvalue weighted by Crippen LogP contribution is 2.31. The lowest BCUT2D eigenvalue weighted by molar-refractivity contribution is 0.205. The first-order valence-electron chi connectivity index (χ1n) is 8.10. The molecule has 20 heavy (non-hydrogen) atoms. The van der Waals surface area contributed by atoms with Gasteiger partial charge in [-0.3, -0.25) is 0 Å². The van der Waals surface area contributed by atoms with Crippen molar-refractivity contribution in [1.29, 1.82) is 0 Å². The van der Waals surface area contributed by atoms with Crippen molar-refractivity contribution in [3.63, 3.8) is 0 Å². The molecule has 112 valence electrons. The van der Waals surface area contributed by atoms with Crippen LogP contribution in [-0.4, -0.2) is 38.1 Å².